The Balaban J connectivity index is 1.49. The average Bonchev–Trinajstić information content (AvgIpc) is 3.45. The highest BCUT2D eigenvalue weighted by Crippen LogP contribution is 2.25. The van der Waals surface area contributed by atoms with Crippen LogP contribution in [0.3, 0.4) is 0 Å². The summed E-state index contributed by atoms with van der Waals surface area (Å²) in [6, 6.07) is 12.9. The first kappa shape index (κ1) is 23.2. The fourth-order valence-electron chi connectivity index (χ4n) is 3.77. The van der Waals surface area contributed by atoms with E-state index < -0.39 is 23.5 Å². The Kier molecular flexibility index (Phi) is 6.47. The molecule has 1 fully saturated rings. The third-order valence-electron chi connectivity index (χ3n) is 6.18. The molecule has 34 heavy (non-hydrogen) atoms. The van der Waals surface area contributed by atoms with Crippen LogP contribution in [-0.4, -0.2) is 52.5 Å². The summed E-state index contributed by atoms with van der Waals surface area (Å²) in [6.07, 6.45) is 2.43. The van der Waals surface area contributed by atoms with Crippen LogP contribution in [0.5, 0.6) is 5.75 Å². The van der Waals surface area contributed by atoms with Gasteiger partial charge in [0, 0.05) is 17.7 Å². The molecule has 1 aromatic heterocycles. The van der Waals surface area contributed by atoms with Crippen molar-refractivity contribution < 1.29 is 28.6 Å². The number of carbonyl (C=O) groups is 3. The number of phenolic OH excluding ortho intramolecular Hbond substituents is 1. The lowest BCUT2D eigenvalue weighted by Crippen LogP contribution is -2.57. The second-order valence-corrected chi connectivity index (χ2v) is 8.37. The number of oxazole rings is 1. The number of hydrogen-bond acceptors (Lipinski definition) is 7. The standard InChI is InChI=1S/C25H25N3O6/c1-15-25(2,22(30)13-33-15)28-24(32)20(16-7-9-19(29)10-8-16)11-27-23(31)18-5-3-17(4-6-18)21-12-26-14-34-21/h3-10,12,14-15,20,29H,11,13H2,1-2H3,(H,27,31)(H,28,32). The molecule has 2 heterocycles. The first-order valence-corrected chi connectivity index (χ1v) is 10.8. The number of Topliss-reactive ketones (excluding diaryl/α,β-unsaturated/α-hetero) is 1. The zero-order chi connectivity index (χ0) is 24.3. The average molecular weight is 463 g/mol. The minimum Gasteiger partial charge on any atom is -0.508 e. The molecule has 9 nitrogen and oxygen atoms in total. The fraction of sp³-hybridized carbons (Fsp3) is 0.280. The van der Waals surface area contributed by atoms with Gasteiger partial charge >= 0.3 is 0 Å². The lowest BCUT2D eigenvalue weighted by atomic mass is 9.90. The molecule has 4 rings (SSSR count). The van der Waals surface area contributed by atoms with Gasteiger partial charge in [0.2, 0.25) is 5.91 Å². The van der Waals surface area contributed by atoms with Crippen LogP contribution in [0.15, 0.2) is 65.5 Å². The summed E-state index contributed by atoms with van der Waals surface area (Å²) in [5.74, 6) is -1.16. The van der Waals surface area contributed by atoms with Crippen molar-refractivity contribution >= 4 is 17.6 Å². The lowest BCUT2D eigenvalue weighted by Gasteiger charge is -2.29. The number of hydrogen-bond donors (Lipinski definition) is 3. The van der Waals surface area contributed by atoms with Gasteiger partial charge in [-0.25, -0.2) is 4.98 Å². The van der Waals surface area contributed by atoms with Crippen molar-refractivity contribution in [1.82, 2.24) is 15.6 Å². The van der Waals surface area contributed by atoms with E-state index in [1.807, 2.05) is 0 Å². The topological polar surface area (TPSA) is 131 Å². The molecule has 3 atom stereocenters. The summed E-state index contributed by atoms with van der Waals surface area (Å²) >= 11 is 0. The molecule has 3 aromatic rings. The molecule has 176 valence electrons. The number of rotatable bonds is 7. The predicted molar refractivity (Wildman–Crippen MR) is 122 cm³/mol. The van der Waals surface area contributed by atoms with Crippen molar-refractivity contribution in [3.05, 3.63) is 72.2 Å². The van der Waals surface area contributed by atoms with Crippen molar-refractivity contribution in [3.63, 3.8) is 0 Å². The van der Waals surface area contributed by atoms with Gasteiger partial charge in [0.05, 0.1) is 18.2 Å². The van der Waals surface area contributed by atoms with E-state index in [4.69, 9.17) is 9.15 Å². The number of ketones is 1. The van der Waals surface area contributed by atoms with E-state index in [-0.39, 0.29) is 30.6 Å². The molecule has 0 spiro atoms. The molecule has 1 aliphatic heterocycles. The van der Waals surface area contributed by atoms with Crippen molar-refractivity contribution in [2.75, 3.05) is 13.2 Å². The summed E-state index contributed by atoms with van der Waals surface area (Å²) in [5.41, 5.74) is 0.612. The molecule has 3 unspecified atom stereocenters. The lowest BCUT2D eigenvalue weighted by molar-refractivity contribution is -0.130. The summed E-state index contributed by atoms with van der Waals surface area (Å²) in [5, 5.41) is 15.2. The number of benzene rings is 2. The predicted octanol–water partition coefficient (Wildman–Crippen LogP) is 2.42. The zero-order valence-electron chi connectivity index (χ0n) is 18.8. The van der Waals surface area contributed by atoms with Crippen LogP contribution in [0.1, 0.15) is 35.7 Å². The minimum atomic E-state index is -1.16. The number of nitrogens with zero attached hydrogens (tertiary/aromatic N) is 1. The van der Waals surface area contributed by atoms with Crippen molar-refractivity contribution in [3.8, 4) is 17.1 Å². The van der Waals surface area contributed by atoms with Gasteiger partial charge in [0.1, 0.15) is 17.9 Å². The maximum absolute atomic E-state index is 13.3. The van der Waals surface area contributed by atoms with Gasteiger partial charge < -0.3 is 24.9 Å². The van der Waals surface area contributed by atoms with Crippen LogP contribution in [-0.2, 0) is 14.3 Å². The van der Waals surface area contributed by atoms with E-state index in [0.29, 0.717) is 16.9 Å². The van der Waals surface area contributed by atoms with Crippen molar-refractivity contribution in [2.24, 2.45) is 0 Å². The highest BCUT2D eigenvalue weighted by molar-refractivity contribution is 5.98. The molecule has 0 radical (unpaired) electrons. The van der Waals surface area contributed by atoms with Gasteiger partial charge in [-0.3, -0.25) is 14.4 Å². The second kappa shape index (κ2) is 9.48. The summed E-state index contributed by atoms with van der Waals surface area (Å²) in [6.45, 7) is 3.28. The van der Waals surface area contributed by atoms with Gasteiger partial charge in [-0.05, 0) is 43.7 Å². The highest BCUT2D eigenvalue weighted by atomic mass is 16.5. The van der Waals surface area contributed by atoms with E-state index in [9.17, 15) is 19.5 Å². The number of nitrogens with one attached hydrogen (secondary N) is 2. The van der Waals surface area contributed by atoms with Gasteiger partial charge in [-0.15, -0.1) is 0 Å². The Morgan fingerprint density at radius 3 is 2.47 bits per heavy atom. The maximum atomic E-state index is 13.3. The quantitative estimate of drug-likeness (QED) is 0.490. The molecule has 2 amide bonds. The van der Waals surface area contributed by atoms with Crippen LogP contribution in [0.25, 0.3) is 11.3 Å². The monoisotopic (exact) mass is 463 g/mol. The molecule has 0 saturated carbocycles. The highest BCUT2D eigenvalue weighted by Gasteiger charge is 2.47. The van der Waals surface area contributed by atoms with Crippen molar-refractivity contribution in [1.29, 1.82) is 0 Å². The SMILES string of the molecule is CC1OCC(=O)C1(C)NC(=O)C(CNC(=O)c1ccc(-c2cnco2)cc1)c1ccc(O)cc1. The fourth-order valence-corrected chi connectivity index (χ4v) is 3.77. The molecule has 0 bridgehead atoms. The van der Waals surface area contributed by atoms with E-state index in [2.05, 4.69) is 15.6 Å². The number of amides is 2. The number of carbonyl (C=O) groups excluding carboxylic acids is 3. The summed E-state index contributed by atoms with van der Waals surface area (Å²) in [7, 11) is 0. The van der Waals surface area contributed by atoms with Gasteiger partial charge in [0.15, 0.2) is 17.9 Å². The Hall–Kier alpha value is -3.98. The first-order valence-electron chi connectivity index (χ1n) is 10.8. The molecule has 3 N–H and O–H groups in total. The summed E-state index contributed by atoms with van der Waals surface area (Å²) in [4.78, 5) is 42.3. The maximum Gasteiger partial charge on any atom is 0.251 e. The first-order chi connectivity index (χ1) is 16.3. The van der Waals surface area contributed by atoms with Gasteiger partial charge in [-0.1, -0.05) is 24.3 Å². The van der Waals surface area contributed by atoms with Crippen LogP contribution >= 0.6 is 0 Å². The third-order valence-corrected chi connectivity index (χ3v) is 6.18. The van der Waals surface area contributed by atoms with Crippen LogP contribution in [0.2, 0.25) is 0 Å². The number of ether oxygens (including phenoxy) is 1. The Bertz CT molecular complexity index is 1170. The smallest absolute Gasteiger partial charge is 0.251 e. The Labute approximate surface area is 196 Å². The van der Waals surface area contributed by atoms with Crippen molar-refractivity contribution in [2.45, 2.75) is 31.4 Å². The molecular weight excluding hydrogens is 438 g/mol. The van der Waals surface area contributed by atoms with Crippen LogP contribution in [0, 0.1) is 0 Å². The molecule has 1 aliphatic rings. The van der Waals surface area contributed by atoms with E-state index in [1.165, 1.54) is 18.5 Å². The second-order valence-electron chi connectivity index (χ2n) is 8.37. The van der Waals surface area contributed by atoms with E-state index in [0.717, 1.165) is 5.56 Å². The molecular formula is C25H25N3O6. The molecule has 9 heteroatoms. The largest absolute Gasteiger partial charge is 0.508 e. The normalized spacial score (nSPS) is 20.6. The molecule has 1 saturated heterocycles. The number of aromatic hydroxyl groups is 1. The Morgan fingerprint density at radius 1 is 1.18 bits per heavy atom. The zero-order valence-corrected chi connectivity index (χ0v) is 18.8. The van der Waals surface area contributed by atoms with E-state index in [1.54, 1.807) is 56.4 Å². The third kappa shape index (κ3) is 4.69. The van der Waals surface area contributed by atoms with Gasteiger partial charge in [-0.2, -0.15) is 0 Å². The Morgan fingerprint density at radius 2 is 1.88 bits per heavy atom. The van der Waals surface area contributed by atoms with E-state index >= 15 is 0 Å². The summed E-state index contributed by atoms with van der Waals surface area (Å²) < 4.78 is 10.7. The van der Waals surface area contributed by atoms with Crippen LogP contribution < -0.4 is 10.6 Å². The van der Waals surface area contributed by atoms with Crippen LogP contribution in [0.4, 0.5) is 0 Å². The molecule has 0 aliphatic carbocycles. The molecule has 2 aromatic carbocycles. The van der Waals surface area contributed by atoms with Gasteiger partial charge in [0.25, 0.3) is 5.91 Å². The number of phenols is 1. The number of aromatic nitrogens is 1. The minimum absolute atomic E-state index is 0.0151.